The van der Waals surface area contributed by atoms with Crippen LogP contribution in [-0.2, 0) is 11.3 Å². The van der Waals surface area contributed by atoms with E-state index in [1.165, 1.54) is 0 Å². The Hall–Kier alpha value is -1.13. The maximum atomic E-state index is 5.66. The summed E-state index contributed by atoms with van der Waals surface area (Å²) in [6.07, 6.45) is 0.278. The second-order valence-electron chi connectivity index (χ2n) is 4.91. The normalized spacial score (nSPS) is 24.3. The maximum Gasteiger partial charge on any atom is 0.129 e. The van der Waals surface area contributed by atoms with Gasteiger partial charge in [-0.1, -0.05) is 13.0 Å². The molecule has 0 amide bonds. The molecule has 0 bridgehead atoms. The summed E-state index contributed by atoms with van der Waals surface area (Å²) in [7, 11) is 0. The zero-order valence-electron chi connectivity index (χ0n) is 11.5. The monoisotopic (exact) mass is 249 g/mol. The molecule has 0 aliphatic carbocycles. The summed E-state index contributed by atoms with van der Waals surface area (Å²) in [5.41, 5.74) is 1.10. The average molecular weight is 249 g/mol. The Morgan fingerprint density at radius 1 is 1.44 bits per heavy atom. The number of nitrogens with zero attached hydrogens (tertiary/aromatic N) is 2. The molecule has 4 heteroatoms. The minimum Gasteiger partial charge on any atom is -0.375 e. The Balaban J connectivity index is 2.11. The van der Waals surface area contributed by atoms with E-state index in [0.717, 1.165) is 37.8 Å². The van der Waals surface area contributed by atoms with Crippen molar-refractivity contribution >= 4 is 5.82 Å². The van der Waals surface area contributed by atoms with Crippen molar-refractivity contribution in [2.75, 3.05) is 24.6 Å². The molecular weight excluding hydrogens is 226 g/mol. The molecule has 0 saturated carbocycles. The lowest BCUT2D eigenvalue weighted by Crippen LogP contribution is -2.47. The molecule has 2 heterocycles. The van der Waals surface area contributed by atoms with E-state index in [1.54, 1.807) is 0 Å². The molecule has 1 aromatic rings. The largest absolute Gasteiger partial charge is 0.375 e. The van der Waals surface area contributed by atoms with Crippen LogP contribution in [0.25, 0.3) is 0 Å². The topological polar surface area (TPSA) is 37.4 Å². The van der Waals surface area contributed by atoms with Gasteiger partial charge in [-0.3, -0.25) is 0 Å². The van der Waals surface area contributed by atoms with Crippen LogP contribution in [0.5, 0.6) is 0 Å². The number of ether oxygens (including phenoxy) is 1. The average Bonchev–Trinajstić information content (AvgIpc) is 2.39. The summed E-state index contributed by atoms with van der Waals surface area (Å²) in [6, 6.07) is 6.63. The number of hydrogen-bond acceptors (Lipinski definition) is 4. The number of nitrogens with one attached hydrogen (secondary N) is 1. The summed E-state index contributed by atoms with van der Waals surface area (Å²) >= 11 is 0. The van der Waals surface area contributed by atoms with Crippen molar-refractivity contribution < 1.29 is 4.74 Å². The van der Waals surface area contributed by atoms with Gasteiger partial charge in [0.1, 0.15) is 5.82 Å². The molecular formula is C14H23N3O. The minimum atomic E-state index is 0.278. The first-order valence-corrected chi connectivity index (χ1v) is 6.75. The fraction of sp³-hybridized carbons (Fsp3) is 0.643. The standard InChI is InChI=1S/C14H23N3O/c1-4-15-8-13-6-5-7-14(16-13)17-9-12(3)18-10-11(17)2/h5-7,11-12,15H,4,8-10H2,1-3H3. The predicted molar refractivity (Wildman–Crippen MR) is 73.8 cm³/mol. The van der Waals surface area contributed by atoms with E-state index < -0.39 is 0 Å². The Morgan fingerprint density at radius 3 is 3.06 bits per heavy atom. The van der Waals surface area contributed by atoms with Crippen LogP contribution in [-0.4, -0.2) is 36.8 Å². The second-order valence-corrected chi connectivity index (χ2v) is 4.91. The third-order valence-corrected chi connectivity index (χ3v) is 3.25. The highest BCUT2D eigenvalue weighted by Gasteiger charge is 2.24. The lowest BCUT2D eigenvalue weighted by molar-refractivity contribution is 0.0340. The number of rotatable bonds is 4. The van der Waals surface area contributed by atoms with Crippen molar-refractivity contribution in [3.8, 4) is 0 Å². The Kier molecular flexibility index (Phi) is 4.55. The number of pyridine rings is 1. The van der Waals surface area contributed by atoms with Crippen molar-refractivity contribution in [2.24, 2.45) is 0 Å². The first kappa shape index (κ1) is 13.3. The highest BCUT2D eigenvalue weighted by atomic mass is 16.5. The first-order valence-electron chi connectivity index (χ1n) is 6.75. The van der Waals surface area contributed by atoms with Crippen LogP contribution in [0.4, 0.5) is 5.82 Å². The van der Waals surface area contributed by atoms with Gasteiger partial charge in [-0.2, -0.15) is 0 Å². The number of anilines is 1. The molecule has 1 aromatic heterocycles. The summed E-state index contributed by atoms with van der Waals surface area (Å²) in [5.74, 6) is 1.06. The molecule has 4 nitrogen and oxygen atoms in total. The molecule has 1 fully saturated rings. The molecule has 18 heavy (non-hydrogen) atoms. The van der Waals surface area contributed by atoms with Crippen molar-refractivity contribution in [2.45, 2.75) is 39.5 Å². The van der Waals surface area contributed by atoms with Gasteiger partial charge in [0.15, 0.2) is 0 Å². The fourth-order valence-electron chi connectivity index (χ4n) is 2.20. The minimum absolute atomic E-state index is 0.278. The number of hydrogen-bond donors (Lipinski definition) is 1. The molecule has 0 spiro atoms. The van der Waals surface area contributed by atoms with E-state index in [9.17, 15) is 0 Å². The van der Waals surface area contributed by atoms with Gasteiger partial charge in [-0.25, -0.2) is 4.98 Å². The van der Waals surface area contributed by atoms with Gasteiger partial charge < -0.3 is 15.0 Å². The zero-order valence-corrected chi connectivity index (χ0v) is 11.5. The van der Waals surface area contributed by atoms with Crippen molar-refractivity contribution in [3.05, 3.63) is 23.9 Å². The second kappa shape index (κ2) is 6.16. The van der Waals surface area contributed by atoms with Crippen LogP contribution in [0.1, 0.15) is 26.5 Å². The SMILES string of the molecule is CCNCc1cccc(N2CC(C)OCC2C)n1. The van der Waals surface area contributed by atoms with Crippen LogP contribution in [0.3, 0.4) is 0 Å². The van der Waals surface area contributed by atoms with Crippen molar-refractivity contribution in [3.63, 3.8) is 0 Å². The lowest BCUT2D eigenvalue weighted by atomic mass is 10.2. The van der Waals surface area contributed by atoms with Crippen LogP contribution < -0.4 is 10.2 Å². The van der Waals surface area contributed by atoms with Gasteiger partial charge >= 0.3 is 0 Å². The molecule has 100 valence electrons. The summed E-state index contributed by atoms with van der Waals surface area (Å²) in [4.78, 5) is 7.06. The molecule has 1 aliphatic heterocycles. The quantitative estimate of drug-likeness (QED) is 0.883. The van der Waals surface area contributed by atoms with E-state index >= 15 is 0 Å². The Bertz CT molecular complexity index is 383. The highest BCUT2D eigenvalue weighted by Crippen LogP contribution is 2.19. The molecule has 2 unspecified atom stereocenters. The van der Waals surface area contributed by atoms with Gasteiger partial charge in [0.2, 0.25) is 0 Å². The van der Waals surface area contributed by atoms with Gasteiger partial charge in [0.25, 0.3) is 0 Å². The Labute approximate surface area is 109 Å². The number of aromatic nitrogens is 1. The van der Waals surface area contributed by atoms with E-state index in [4.69, 9.17) is 9.72 Å². The van der Waals surface area contributed by atoms with Crippen LogP contribution >= 0.6 is 0 Å². The third kappa shape index (κ3) is 3.21. The first-order chi connectivity index (χ1) is 8.70. The van der Waals surface area contributed by atoms with E-state index in [0.29, 0.717) is 6.04 Å². The predicted octanol–water partition coefficient (Wildman–Crippen LogP) is 1.80. The summed E-state index contributed by atoms with van der Waals surface area (Å²) < 4.78 is 5.66. The fourth-order valence-corrected chi connectivity index (χ4v) is 2.20. The van der Waals surface area contributed by atoms with Gasteiger partial charge in [0.05, 0.1) is 24.4 Å². The Morgan fingerprint density at radius 2 is 2.28 bits per heavy atom. The molecule has 2 rings (SSSR count). The number of morpholine rings is 1. The molecule has 2 atom stereocenters. The van der Waals surface area contributed by atoms with Crippen LogP contribution in [0, 0.1) is 0 Å². The molecule has 0 radical (unpaired) electrons. The van der Waals surface area contributed by atoms with Crippen molar-refractivity contribution in [1.29, 1.82) is 0 Å². The third-order valence-electron chi connectivity index (χ3n) is 3.25. The van der Waals surface area contributed by atoms with E-state index in [-0.39, 0.29) is 6.10 Å². The highest BCUT2D eigenvalue weighted by molar-refractivity contribution is 5.41. The van der Waals surface area contributed by atoms with Crippen LogP contribution in [0.2, 0.25) is 0 Å². The van der Waals surface area contributed by atoms with Gasteiger partial charge in [0, 0.05) is 13.1 Å². The summed E-state index contributed by atoms with van der Waals surface area (Å²) in [5, 5.41) is 3.31. The van der Waals surface area contributed by atoms with Crippen LogP contribution in [0.15, 0.2) is 18.2 Å². The molecule has 1 saturated heterocycles. The molecule has 1 aliphatic rings. The maximum absolute atomic E-state index is 5.66. The smallest absolute Gasteiger partial charge is 0.129 e. The van der Waals surface area contributed by atoms with Crippen molar-refractivity contribution in [1.82, 2.24) is 10.3 Å². The van der Waals surface area contributed by atoms with Gasteiger partial charge in [-0.05, 0) is 32.5 Å². The van der Waals surface area contributed by atoms with Gasteiger partial charge in [-0.15, -0.1) is 0 Å². The zero-order chi connectivity index (χ0) is 13.0. The van der Waals surface area contributed by atoms with E-state index in [2.05, 4.69) is 49.2 Å². The molecule has 0 aromatic carbocycles. The summed E-state index contributed by atoms with van der Waals surface area (Å²) in [6.45, 7) is 9.90. The van der Waals surface area contributed by atoms with E-state index in [1.807, 2.05) is 0 Å². The molecule has 1 N–H and O–H groups in total. The lowest BCUT2D eigenvalue weighted by Gasteiger charge is -2.37.